The van der Waals surface area contributed by atoms with Gasteiger partial charge in [0.2, 0.25) is 0 Å². The molecule has 0 aliphatic heterocycles. The lowest BCUT2D eigenvalue weighted by Crippen LogP contribution is -2.03. The third-order valence-corrected chi connectivity index (χ3v) is 4.49. The third-order valence-electron chi connectivity index (χ3n) is 4.49. The SMILES string of the molecule is Cc1cc(OCCc2nc[nH]c2C)cc(-c2ccccc2C(C)C)c1. The molecule has 0 saturated carbocycles. The van der Waals surface area contributed by atoms with Crippen molar-refractivity contribution < 1.29 is 4.74 Å². The van der Waals surface area contributed by atoms with E-state index in [4.69, 9.17) is 4.74 Å². The molecule has 0 unspecified atom stereocenters. The molecule has 1 N–H and O–H groups in total. The fourth-order valence-electron chi connectivity index (χ4n) is 3.15. The van der Waals surface area contributed by atoms with E-state index in [0.717, 1.165) is 23.6 Å². The van der Waals surface area contributed by atoms with Crippen LogP contribution >= 0.6 is 0 Å². The van der Waals surface area contributed by atoms with Gasteiger partial charge in [-0.05, 0) is 54.2 Å². The average Bonchev–Trinajstić information content (AvgIpc) is 2.99. The maximum absolute atomic E-state index is 6.02. The fraction of sp³-hybridized carbons (Fsp3) is 0.318. The maximum Gasteiger partial charge on any atom is 0.120 e. The van der Waals surface area contributed by atoms with Gasteiger partial charge in [-0.1, -0.05) is 44.2 Å². The summed E-state index contributed by atoms with van der Waals surface area (Å²) in [6.45, 7) is 9.25. The number of nitrogens with one attached hydrogen (secondary N) is 1. The highest BCUT2D eigenvalue weighted by molar-refractivity contribution is 5.70. The van der Waals surface area contributed by atoms with Crippen molar-refractivity contribution in [3.63, 3.8) is 0 Å². The molecular formula is C22H26N2O. The van der Waals surface area contributed by atoms with Crippen LogP contribution in [0.1, 0.15) is 42.3 Å². The second-order valence-corrected chi connectivity index (χ2v) is 6.85. The Balaban J connectivity index is 1.80. The molecule has 3 nitrogen and oxygen atoms in total. The summed E-state index contributed by atoms with van der Waals surface area (Å²) in [7, 11) is 0. The maximum atomic E-state index is 6.02. The molecule has 0 saturated heterocycles. The predicted octanol–water partition coefficient (Wildman–Crippen LogP) is 5.44. The molecule has 3 rings (SSSR count). The molecule has 0 aliphatic carbocycles. The minimum Gasteiger partial charge on any atom is -0.493 e. The molecule has 25 heavy (non-hydrogen) atoms. The summed E-state index contributed by atoms with van der Waals surface area (Å²) in [5, 5.41) is 0. The minimum absolute atomic E-state index is 0.490. The van der Waals surface area contributed by atoms with Crippen molar-refractivity contribution in [2.75, 3.05) is 6.61 Å². The fourth-order valence-corrected chi connectivity index (χ4v) is 3.15. The van der Waals surface area contributed by atoms with Gasteiger partial charge >= 0.3 is 0 Å². The molecule has 0 atom stereocenters. The summed E-state index contributed by atoms with van der Waals surface area (Å²) < 4.78 is 6.02. The van der Waals surface area contributed by atoms with Gasteiger partial charge in [-0.25, -0.2) is 4.98 Å². The molecule has 1 heterocycles. The van der Waals surface area contributed by atoms with Gasteiger partial charge in [-0.15, -0.1) is 0 Å². The first-order chi connectivity index (χ1) is 12.0. The van der Waals surface area contributed by atoms with Crippen molar-refractivity contribution >= 4 is 0 Å². The number of aromatic nitrogens is 2. The van der Waals surface area contributed by atoms with Crippen LogP contribution in [-0.4, -0.2) is 16.6 Å². The number of aromatic amines is 1. The number of H-pyrrole nitrogens is 1. The van der Waals surface area contributed by atoms with Crippen LogP contribution in [0, 0.1) is 13.8 Å². The standard InChI is InChI=1S/C22H26N2O/c1-15(2)20-7-5-6-8-21(20)18-11-16(3)12-19(13-18)25-10-9-22-17(4)23-14-24-22/h5-8,11-15H,9-10H2,1-4H3,(H,23,24). The Morgan fingerprint density at radius 3 is 2.60 bits per heavy atom. The Morgan fingerprint density at radius 1 is 1.08 bits per heavy atom. The Hall–Kier alpha value is -2.55. The third kappa shape index (κ3) is 4.11. The largest absolute Gasteiger partial charge is 0.493 e. The summed E-state index contributed by atoms with van der Waals surface area (Å²) in [5.41, 5.74) is 7.26. The van der Waals surface area contributed by atoms with Crippen LogP contribution in [0.4, 0.5) is 0 Å². The number of ether oxygens (including phenoxy) is 1. The van der Waals surface area contributed by atoms with E-state index in [1.54, 1.807) is 6.33 Å². The number of rotatable bonds is 6. The van der Waals surface area contributed by atoms with Gasteiger partial charge < -0.3 is 9.72 Å². The number of imidazole rings is 1. The Labute approximate surface area is 150 Å². The van der Waals surface area contributed by atoms with Gasteiger partial charge in [0.05, 0.1) is 18.6 Å². The van der Waals surface area contributed by atoms with Crippen LogP contribution < -0.4 is 4.74 Å². The molecular weight excluding hydrogens is 308 g/mol. The first-order valence-electron chi connectivity index (χ1n) is 8.87. The summed E-state index contributed by atoms with van der Waals surface area (Å²) in [4.78, 5) is 7.43. The van der Waals surface area contributed by atoms with E-state index in [9.17, 15) is 0 Å². The van der Waals surface area contributed by atoms with Crippen LogP contribution in [0.15, 0.2) is 48.8 Å². The zero-order valence-electron chi connectivity index (χ0n) is 15.5. The highest BCUT2D eigenvalue weighted by Crippen LogP contribution is 2.32. The number of aryl methyl sites for hydroxylation is 2. The second kappa shape index (κ2) is 7.56. The van der Waals surface area contributed by atoms with Crippen molar-refractivity contribution in [2.24, 2.45) is 0 Å². The number of hydrogen-bond acceptors (Lipinski definition) is 2. The molecule has 0 radical (unpaired) electrons. The van der Waals surface area contributed by atoms with E-state index >= 15 is 0 Å². The molecule has 130 valence electrons. The summed E-state index contributed by atoms with van der Waals surface area (Å²) in [6, 6.07) is 15.1. The van der Waals surface area contributed by atoms with E-state index in [-0.39, 0.29) is 0 Å². The van der Waals surface area contributed by atoms with Gasteiger partial charge in [0.15, 0.2) is 0 Å². The average molecular weight is 334 g/mol. The van der Waals surface area contributed by atoms with E-state index in [0.29, 0.717) is 12.5 Å². The highest BCUT2D eigenvalue weighted by atomic mass is 16.5. The van der Waals surface area contributed by atoms with Gasteiger partial charge in [0.1, 0.15) is 5.75 Å². The van der Waals surface area contributed by atoms with Crippen molar-refractivity contribution in [3.8, 4) is 16.9 Å². The van der Waals surface area contributed by atoms with Crippen LogP contribution in [0.25, 0.3) is 11.1 Å². The van der Waals surface area contributed by atoms with E-state index in [1.807, 2.05) is 6.92 Å². The van der Waals surface area contributed by atoms with E-state index < -0.39 is 0 Å². The zero-order chi connectivity index (χ0) is 17.8. The topological polar surface area (TPSA) is 37.9 Å². The Kier molecular flexibility index (Phi) is 5.22. The monoisotopic (exact) mass is 334 g/mol. The lowest BCUT2D eigenvalue weighted by Gasteiger charge is -2.15. The Morgan fingerprint density at radius 2 is 1.88 bits per heavy atom. The molecule has 3 aromatic rings. The molecule has 0 fully saturated rings. The van der Waals surface area contributed by atoms with Crippen molar-refractivity contribution in [1.82, 2.24) is 9.97 Å². The van der Waals surface area contributed by atoms with Gasteiger partial charge in [-0.2, -0.15) is 0 Å². The van der Waals surface area contributed by atoms with Crippen molar-refractivity contribution in [3.05, 3.63) is 71.3 Å². The quantitative estimate of drug-likeness (QED) is 0.652. The van der Waals surface area contributed by atoms with Gasteiger partial charge in [0, 0.05) is 12.1 Å². The summed E-state index contributed by atoms with van der Waals surface area (Å²) >= 11 is 0. The number of benzene rings is 2. The molecule has 0 amide bonds. The lowest BCUT2D eigenvalue weighted by atomic mass is 9.92. The number of nitrogens with zero attached hydrogens (tertiary/aromatic N) is 1. The van der Waals surface area contributed by atoms with Crippen molar-refractivity contribution in [1.29, 1.82) is 0 Å². The van der Waals surface area contributed by atoms with E-state index in [2.05, 4.69) is 73.2 Å². The van der Waals surface area contributed by atoms with Crippen LogP contribution in [0.5, 0.6) is 5.75 Å². The Bertz CT molecular complexity index is 849. The van der Waals surface area contributed by atoms with Gasteiger partial charge in [-0.3, -0.25) is 0 Å². The normalized spacial score (nSPS) is 11.1. The molecule has 3 heteroatoms. The minimum atomic E-state index is 0.490. The molecule has 1 aromatic heterocycles. The zero-order valence-corrected chi connectivity index (χ0v) is 15.5. The van der Waals surface area contributed by atoms with Crippen molar-refractivity contribution in [2.45, 2.75) is 40.0 Å². The van der Waals surface area contributed by atoms with Gasteiger partial charge in [0.25, 0.3) is 0 Å². The molecule has 0 bridgehead atoms. The molecule has 0 spiro atoms. The smallest absolute Gasteiger partial charge is 0.120 e. The summed E-state index contributed by atoms with van der Waals surface area (Å²) in [5.74, 6) is 1.41. The first-order valence-corrected chi connectivity index (χ1v) is 8.87. The molecule has 2 aromatic carbocycles. The van der Waals surface area contributed by atoms with Crippen LogP contribution in [0.2, 0.25) is 0 Å². The predicted molar refractivity (Wildman–Crippen MR) is 103 cm³/mol. The lowest BCUT2D eigenvalue weighted by molar-refractivity contribution is 0.320. The molecule has 0 aliphatic rings. The summed E-state index contributed by atoms with van der Waals surface area (Å²) in [6.07, 6.45) is 2.54. The van der Waals surface area contributed by atoms with Crippen LogP contribution in [0.3, 0.4) is 0 Å². The van der Waals surface area contributed by atoms with Crippen LogP contribution in [-0.2, 0) is 6.42 Å². The first kappa shape index (κ1) is 17.3. The number of hydrogen-bond donors (Lipinski definition) is 1. The highest BCUT2D eigenvalue weighted by Gasteiger charge is 2.10. The van der Waals surface area contributed by atoms with E-state index in [1.165, 1.54) is 22.3 Å². The second-order valence-electron chi connectivity index (χ2n) is 6.85.